The normalized spacial score (nSPS) is 17.1. The molecule has 0 aliphatic carbocycles. The molecule has 1 aliphatic heterocycles. The van der Waals surface area contributed by atoms with Crippen molar-refractivity contribution in [2.75, 3.05) is 19.6 Å². The molecule has 1 aromatic heterocycles. The number of halogens is 1. The van der Waals surface area contributed by atoms with Gasteiger partial charge in [0, 0.05) is 62.5 Å². The molecule has 1 aliphatic rings. The van der Waals surface area contributed by atoms with Crippen molar-refractivity contribution in [2.45, 2.75) is 59.5 Å². The van der Waals surface area contributed by atoms with Crippen LogP contribution in [0.15, 0.2) is 30.5 Å². The molecule has 1 atom stereocenters. The van der Waals surface area contributed by atoms with Crippen LogP contribution in [0.2, 0.25) is 0 Å². The summed E-state index contributed by atoms with van der Waals surface area (Å²) in [6.07, 6.45) is 3.17. The fourth-order valence-electron chi connectivity index (χ4n) is 4.20. The summed E-state index contributed by atoms with van der Waals surface area (Å²) in [7, 11) is 0. The quantitative estimate of drug-likeness (QED) is 0.627. The zero-order valence-electron chi connectivity index (χ0n) is 18.9. The highest BCUT2D eigenvalue weighted by atomic mass is 19.1. The summed E-state index contributed by atoms with van der Waals surface area (Å²) in [5, 5.41) is 0. The summed E-state index contributed by atoms with van der Waals surface area (Å²) in [5.74, 6) is -0.179. The van der Waals surface area contributed by atoms with Crippen LogP contribution in [0.3, 0.4) is 0 Å². The minimum Gasteiger partial charge on any atom is -0.337 e. The molecular formula is C25H32FN3O2. The second-order valence-electron chi connectivity index (χ2n) is 8.56. The predicted molar refractivity (Wildman–Crippen MR) is 120 cm³/mol. The maximum Gasteiger partial charge on any atom is 0.222 e. The van der Waals surface area contributed by atoms with Gasteiger partial charge in [0.25, 0.3) is 0 Å². The summed E-state index contributed by atoms with van der Waals surface area (Å²) in [4.78, 5) is 33.4. The fraction of sp³-hybridized carbons (Fsp3) is 0.480. The third-order valence-corrected chi connectivity index (χ3v) is 6.06. The van der Waals surface area contributed by atoms with Gasteiger partial charge in [0.2, 0.25) is 5.91 Å². The number of carbonyl (C=O) groups excluding carboxylic acids is 2. The topological polar surface area (TPSA) is 53.5 Å². The van der Waals surface area contributed by atoms with E-state index in [-0.39, 0.29) is 30.0 Å². The number of aromatic nitrogens is 1. The number of Topliss-reactive ketones (excluding diaryl/α,β-unsaturated/α-hetero) is 1. The number of piperazine rings is 1. The lowest BCUT2D eigenvalue weighted by Crippen LogP contribution is -2.53. The van der Waals surface area contributed by atoms with E-state index in [1.165, 1.54) is 6.07 Å². The van der Waals surface area contributed by atoms with E-state index in [0.29, 0.717) is 30.6 Å². The minimum absolute atomic E-state index is 0.0659. The number of hydrogen-bond donors (Lipinski definition) is 0. The van der Waals surface area contributed by atoms with E-state index in [2.05, 4.69) is 16.8 Å². The number of benzene rings is 1. The summed E-state index contributed by atoms with van der Waals surface area (Å²) < 4.78 is 14.4. The fourth-order valence-corrected chi connectivity index (χ4v) is 4.20. The van der Waals surface area contributed by atoms with Crippen LogP contribution in [-0.4, -0.2) is 52.2 Å². The molecule has 2 heterocycles. The van der Waals surface area contributed by atoms with E-state index in [1.807, 2.05) is 31.7 Å². The summed E-state index contributed by atoms with van der Waals surface area (Å²) in [5.41, 5.74) is 3.95. The predicted octanol–water partition coefficient (Wildman–Crippen LogP) is 4.10. The standard InChI is InChI=1S/C25H32FN3O2/c1-5-6-25(31)29-10-9-28(15-18(29)3)16-22-12-23(26)11-21(19(22)4)13-24(30)20-8-7-17(2)27-14-20/h7-8,11-12,14,18H,5-6,9-10,13,15-16H2,1-4H3/t18-/m0/s1. The van der Waals surface area contributed by atoms with Gasteiger partial charge in [-0.15, -0.1) is 0 Å². The number of nitrogens with zero attached hydrogens (tertiary/aromatic N) is 3. The third-order valence-electron chi connectivity index (χ3n) is 6.06. The molecule has 1 saturated heterocycles. The molecule has 0 saturated carbocycles. The number of hydrogen-bond acceptors (Lipinski definition) is 4. The van der Waals surface area contributed by atoms with Crippen LogP contribution in [0.25, 0.3) is 0 Å². The summed E-state index contributed by atoms with van der Waals surface area (Å²) in [6, 6.07) is 6.74. The number of carbonyl (C=O) groups is 2. The molecule has 5 nitrogen and oxygen atoms in total. The van der Waals surface area contributed by atoms with Crippen molar-refractivity contribution in [2.24, 2.45) is 0 Å². The Bertz CT molecular complexity index is 943. The molecule has 3 rings (SSSR count). The lowest BCUT2D eigenvalue weighted by atomic mass is 9.95. The number of pyridine rings is 1. The van der Waals surface area contributed by atoms with Crippen molar-refractivity contribution in [3.05, 3.63) is 64.2 Å². The summed E-state index contributed by atoms with van der Waals surface area (Å²) >= 11 is 0. The Hall–Kier alpha value is -2.60. The van der Waals surface area contributed by atoms with Gasteiger partial charge in [-0.05, 0) is 68.1 Å². The van der Waals surface area contributed by atoms with Crippen molar-refractivity contribution in [3.8, 4) is 0 Å². The van der Waals surface area contributed by atoms with Crippen LogP contribution in [-0.2, 0) is 17.8 Å². The average molecular weight is 426 g/mol. The van der Waals surface area contributed by atoms with Gasteiger partial charge in [0.05, 0.1) is 0 Å². The maximum atomic E-state index is 14.4. The Kier molecular flexibility index (Phi) is 7.55. The monoisotopic (exact) mass is 425 g/mol. The molecule has 0 bridgehead atoms. The van der Waals surface area contributed by atoms with Gasteiger partial charge >= 0.3 is 0 Å². The minimum atomic E-state index is -0.324. The van der Waals surface area contributed by atoms with Gasteiger partial charge in [-0.25, -0.2) is 4.39 Å². The molecule has 1 amide bonds. The number of aryl methyl sites for hydroxylation is 1. The van der Waals surface area contributed by atoms with Gasteiger partial charge in [-0.3, -0.25) is 19.5 Å². The molecule has 0 spiro atoms. The molecule has 31 heavy (non-hydrogen) atoms. The van der Waals surface area contributed by atoms with E-state index in [9.17, 15) is 14.0 Å². The van der Waals surface area contributed by atoms with Crippen LogP contribution < -0.4 is 0 Å². The number of amides is 1. The van der Waals surface area contributed by atoms with E-state index in [4.69, 9.17) is 0 Å². The molecule has 166 valence electrons. The first kappa shape index (κ1) is 23.1. The molecule has 1 fully saturated rings. The highest BCUT2D eigenvalue weighted by Crippen LogP contribution is 2.22. The highest BCUT2D eigenvalue weighted by molar-refractivity contribution is 5.97. The Labute approximate surface area is 184 Å². The second-order valence-corrected chi connectivity index (χ2v) is 8.56. The van der Waals surface area contributed by atoms with E-state index in [1.54, 1.807) is 18.3 Å². The van der Waals surface area contributed by atoms with Gasteiger partial charge < -0.3 is 4.90 Å². The van der Waals surface area contributed by atoms with Crippen molar-refractivity contribution in [1.82, 2.24) is 14.8 Å². The zero-order chi connectivity index (χ0) is 22.5. The first-order valence-corrected chi connectivity index (χ1v) is 11.0. The first-order chi connectivity index (χ1) is 14.8. The SMILES string of the molecule is CCCC(=O)N1CCN(Cc2cc(F)cc(CC(=O)c3ccc(C)nc3)c2C)C[C@@H]1C. The zero-order valence-corrected chi connectivity index (χ0v) is 18.9. The van der Waals surface area contributed by atoms with Gasteiger partial charge in [0.15, 0.2) is 5.78 Å². The molecule has 2 aromatic rings. The molecule has 0 unspecified atom stereocenters. The Morgan fingerprint density at radius 3 is 2.55 bits per heavy atom. The number of rotatable bonds is 7. The molecule has 0 N–H and O–H groups in total. The lowest BCUT2D eigenvalue weighted by Gasteiger charge is -2.40. The van der Waals surface area contributed by atoms with Crippen LogP contribution in [0.5, 0.6) is 0 Å². The largest absolute Gasteiger partial charge is 0.337 e. The van der Waals surface area contributed by atoms with Crippen molar-refractivity contribution >= 4 is 11.7 Å². The van der Waals surface area contributed by atoms with Gasteiger partial charge in [0.1, 0.15) is 5.82 Å². The van der Waals surface area contributed by atoms with Crippen LogP contribution in [0.4, 0.5) is 4.39 Å². The number of ketones is 1. The summed E-state index contributed by atoms with van der Waals surface area (Å²) in [6.45, 7) is 10.7. The van der Waals surface area contributed by atoms with Crippen molar-refractivity contribution in [1.29, 1.82) is 0 Å². The van der Waals surface area contributed by atoms with Gasteiger partial charge in [-0.2, -0.15) is 0 Å². The highest BCUT2D eigenvalue weighted by Gasteiger charge is 2.27. The van der Waals surface area contributed by atoms with Crippen LogP contribution >= 0.6 is 0 Å². The maximum absolute atomic E-state index is 14.4. The van der Waals surface area contributed by atoms with E-state index < -0.39 is 0 Å². The molecule has 0 radical (unpaired) electrons. The Balaban J connectivity index is 1.70. The van der Waals surface area contributed by atoms with Crippen LogP contribution in [0.1, 0.15) is 59.4 Å². The van der Waals surface area contributed by atoms with Crippen molar-refractivity contribution < 1.29 is 14.0 Å². The Morgan fingerprint density at radius 1 is 1.16 bits per heavy atom. The second kappa shape index (κ2) is 10.1. The van der Waals surface area contributed by atoms with Crippen LogP contribution in [0, 0.1) is 19.7 Å². The smallest absolute Gasteiger partial charge is 0.222 e. The van der Waals surface area contributed by atoms with E-state index >= 15 is 0 Å². The molecule has 1 aromatic carbocycles. The van der Waals surface area contributed by atoms with Crippen molar-refractivity contribution in [3.63, 3.8) is 0 Å². The molecule has 6 heteroatoms. The molecular weight excluding hydrogens is 393 g/mol. The third kappa shape index (κ3) is 5.76. The first-order valence-electron chi connectivity index (χ1n) is 11.0. The van der Waals surface area contributed by atoms with E-state index in [0.717, 1.165) is 36.3 Å². The lowest BCUT2D eigenvalue weighted by molar-refractivity contribution is -0.135. The Morgan fingerprint density at radius 2 is 1.90 bits per heavy atom. The van der Waals surface area contributed by atoms with Gasteiger partial charge in [-0.1, -0.05) is 6.92 Å². The average Bonchev–Trinajstić information content (AvgIpc) is 2.72.